The number of halogens is 2. The van der Waals surface area contributed by atoms with Gasteiger partial charge in [-0.05, 0) is 42.8 Å². The molecule has 1 N–H and O–H groups in total. The molecule has 0 heterocycles. The lowest BCUT2D eigenvalue weighted by atomic mass is 10.1. The number of ether oxygens (including phenoxy) is 3. The van der Waals surface area contributed by atoms with E-state index in [-0.39, 0.29) is 0 Å². The van der Waals surface area contributed by atoms with Crippen LogP contribution in [0.4, 0.5) is 0 Å². The molecule has 0 bridgehead atoms. The summed E-state index contributed by atoms with van der Waals surface area (Å²) in [5.74, 6) is 1.46. The second kappa shape index (κ2) is 10.7. The minimum atomic E-state index is 0.445. The fraction of sp³-hybridized carbons (Fsp3) is 0.368. The lowest BCUT2D eigenvalue weighted by molar-refractivity contribution is 0.194. The van der Waals surface area contributed by atoms with Gasteiger partial charge in [0.25, 0.3) is 0 Å². The van der Waals surface area contributed by atoms with Gasteiger partial charge >= 0.3 is 0 Å². The molecule has 0 aliphatic rings. The number of methoxy groups -OCH3 is 2. The minimum Gasteiger partial charge on any atom is -0.493 e. The average molecular weight is 429 g/mol. The molecule has 2 aromatic rings. The van der Waals surface area contributed by atoms with Crippen molar-refractivity contribution in [1.82, 2.24) is 5.32 Å². The van der Waals surface area contributed by atoms with Crippen LogP contribution in [-0.4, -0.2) is 27.4 Å². The van der Waals surface area contributed by atoms with Crippen LogP contribution in [0.15, 0.2) is 40.9 Å². The lowest BCUT2D eigenvalue weighted by Gasteiger charge is -2.17. The van der Waals surface area contributed by atoms with Crippen molar-refractivity contribution in [2.45, 2.75) is 19.6 Å². The summed E-state index contributed by atoms with van der Waals surface area (Å²) in [6, 6.07) is 11.5. The molecule has 0 atom stereocenters. The van der Waals surface area contributed by atoms with Crippen LogP contribution < -0.4 is 14.8 Å². The van der Waals surface area contributed by atoms with E-state index in [4.69, 9.17) is 25.8 Å². The standard InChI is InChI=1S/C19H23BrClNO3/c1-23-11-3-10-22-12-16-17(20)8-9-18(24-2)19(16)25-13-14-4-6-15(21)7-5-14/h4-9,22H,3,10-13H2,1-2H3. The van der Waals surface area contributed by atoms with E-state index in [0.717, 1.165) is 40.9 Å². The maximum Gasteiger partial charge on any atom is 0.167 e. The Morgan fingerprint density at radius 3 is 2.52 bits per heavy atom. The number of nitrogens with one attached hydrogen (secondary N) is 1. The first-order valence-corrected chi connectivity index (χ1v) is 9.25. The van der Waals surface area contributed by atoms with Crippen LogP contribution in [0.2, 0.25) is 5.02 Å². The first-order valence-electron chi connectivity index (χ1n) is 8.08. The van der Waals surface area contributed by atoms with Crippen LogP contribution in [0, 0.1) is 0 Å². The molecule has 2 aromatic carbocycles. The summed E-state index contributed by atoms with van der Waals surface area (Å²) >= 11 is 9.54. The zero-order chi connectivity index (χ0) is 18.1. The molecule has 0 aliphatic heterocycles. The van der Waals surface area contributed by atoms with Gasteiger partial charge in [0, 0.05) is 35.3 Å². The molecular weight excluding hydrogens is 406 g/mol. The SMILES string of the molecule is COCCCNCc1c(Br)ccc(OC)c1OCc1ccc(Cl)cc1. The van der Waals surface area contributed by atoms with Gasteiger partial charge in [0.15, 0.2) is 11.5 Å². The predicted octanol–water partition coefficient (Wildman–Crippen LogP) is 4.82. The smallest absolute Gasteiger partial charge is 0.167 e. The highest BCUT2D eigenvalue weighted by Gasteiger charge is 2.14. The monoisotopic (exact) mass is 427 g/mol. The average Bonchev–Trinajstić information content (AvgIpc) is 2.62. The van der Waals surface area contributed by atoms with Gasteiger partial charge in [-0.1, -0.05) is 39.7 Å². The highest BCUT2D eigenvalue weighted by atomic mass is 79.9. The van der Waals surface area contributed by atoms with E-state index >= 15 is 0 Å². The fourth-order valence-corrected chi connectivity index (χ4v) is 2.94. The second-order valence-corrected chi connectivity index (χ2v) is 6.79. The van der Waals surface area contributed by atoms with E-state index in [0.29, 0.717) is 23.9 Å². The molecule has 0 radical (unpaired) electrons. The molecule has 2 rings (SSSR count). The van der Waals surface area contributed by atoms with Gasteiger partial charge in [-0.25, -0.2) is 0 Å². The summed E-state index contributed by atoms with van der Waals surface area (Å²) in [6.07, 6.45) is 0.957. The molecule has 0 aliphatic carbocycles. The van der Waals surface area contributed by atoms with Crippen molar-refractivity contribution < 1.29 is 14.2 Å². The molecule has 4 nitrogen and oxygen atoms in total. The van der Waals surface area contributed by atoms with Crippen LogP contribution in [0.25, 0.3) is 0 Å². The Morgan fingerprint density at radius 2 is 1.84 bits per heavy atom. The number of rotatable bonds is 10. The Labute approximate surface area is 162 Å². The van der Waals surface area contributed by atoms with Crippen LogP contribution in [-0.2, 0) is 17.9 Å². The summed E-state index contributed by atoms with van der Waals surface area (Å²) < 4.78 is 17.6. The maximum absolute atomic E-state index is 6.08. The van der Waals surface area contributed by atoms with Gasteiger partial charge in [0.05, 0.1) is 7.11 Å². The van der Waals surface area contributed by atoms with Gasteiger partial charge in [0.1, 0.15) is 6.61 Å². The zero-order valence-corrected chi connectivity index (χ0v) is 16.8. The normalized spacial score (nSPS) is 10.7. The quantitative estimate of drug-likeness (QED) is 0.551. The van der Waals surface area contributed by atoms with Crippen molar-refractivity contribution in [2.75, 3.05) is 27.4 Å². The van der Waals surface area contributed by atoms with Crippen molar-refractivity contribution in [3.8, 4) is 11.5 Å². The topological polar surface area (TPSA) is 39.7 Å². The molecule has 0 spiro atoms. The van der Waals surface area contributed by atoms with Crippen molar-refractivity contribution in [1.29, 1.82) is 0 Å². The third-order valence-corrected chi connectivity index (χ3v) is 4.68. The minimum absolute atomic E-state index is 0.445. The first-order chi connectivity index (χ1) is 12.2. The molecule has 25 heavy (non-hydrogen) atoms. The molecule has 0 unspecified atom stereocenters. The van der Waals surface area contributed by atoms with Crippen LogP contribution in [0.1, 0.15) is 17.5 Å². The van der Waals surface area contributed by atoms with Gasteiger partial charge < -0.3 is 19.5 Å². The Morgan fingerprint density at radius 1 is 1.08 bits per heavy atom. The third kappa shape index (κ3) is 6.19. The van der Waals surface area contributed by atoms with Crippen LogP contribution in [0.3, 0.4) is 0 Å². The fourth-order valence-electron chi connectivity index (χ4n) is 2.36. The molecule has 0 aromatic heterocycles. The Kier molecular flexibility index (Phi) is 8.55. The summed E-state index contributed by atoms with van der Waals surface area (Å²) in [4.78, 5) is 0. The first kappa shape index (κ1) is 20.0. The van der Waals surface area contributed by atoms with Gasteiger partial charge in [0.2, 0.25) is 0 Å². The number of hydrogen-bond donors (Lipinski definition) is 1. The highest BCUT2D eigenvalue weighted by molar-refractivity contribution is 9.10. The van der Waals surface area contributed by atoms with Crippen molar-refractivity contribution in [2.24, 2.45) is 0 Å². The molecular formula is C19H23BrClNO3. The van der Waals surface area contributed by atoms with Gasteiger partial charge in [-0.2, -0.15) is 0 Å². The van der Waals surface area contributed by atoms with Crippen molar-refractivity contribution >= 4 is 27.5 Å². The second-order valence-electron chi connectivity index (χ2n) is 5.50. The maximum atomic E-state index is 6.08. The zero-order valence-electron chi connectivity index (χ0n) is 14.5. The molecule has 0 saturated carbocycles. The lowest BCUT2D eigenvalue weighted by Crippen LogP contribution is -2.17. The highest BCUT2D eigenvalue weighted by Crippen LogP contribution is 2.36. The molecule has 6 heteroatoms. The summed E-state index contributed by atoms with van der Waals surface area (Å²) in [7, 11) is 3.36. The largest absolute Gasteiger partial charge is 0.493 e. The van der Waals surface area contributed by atoms with Crippen LogP contribution >= 0.6 is 27.5 Å². The Balaban J connectivity index is 2.10. The number of hydrogen-bond acceptors (Lipinski definition) is 4. The van der Waals surface area contributed by atoms with E-state index in [1.165, 1.54) is 0 Å². The predicted molar refractivity (Wildman–Crippen MR) is 105 cm³/mol. The Bertz CT molecular complexity index is 664. The van der Waals surface area contributed by atoms with Crippen molar-refractivity contribution in [3.63, 3.8) is 0 Å². The number of benzene rings is 2. The Hall–Kier alpha value is -1.27. The van der Waals surface area contributed by atoms with E-state index in [2.05, 4.69) is 21.2 Å². The molecule has 136 valence electrons. The van der Waals surface area contributed by atoms with Crippen molar-refractivity contribution in [3.05, 3.63) is 57.0 Å². The van der Waals surface area contributed by atoms with E-state index in [1.54, 1.807) is 14.2 Å². The van der Waals surface area contributed by atoms with E-state index < -0.39 is 0 Å². The molecule has 0 fully saturated rings. The van der Waals surface area contributed by atoms with E-state index in [1.807, 2.05) is 36.4 Å². The van der Waals surface area contributed by atoms with E-state index in [9.17, 15) is 0 Å². The summed E-state index contributed by atoms with van der Waals surface area (Å²) in [5, 5.41) is 4.12. The van der Waals surface area contributed by atoms with Gasteiger partial charge in [-0.3, -0.25) is 0 Å². The van der Waals surface area contributed by atoms with Gasteiger partial charge in [-0.15, -0.1) is 0 Å². The van der Waals surface area contributed by atoms with Crippen LogP contribution in [0.5, 0.6) is 11.5 Å². The summed E-state index contributed by atoms with van der Waals surface area (Å²) in [5.41, 5.74) is 2.08. The molecule has 0 saturated heterocycles. The third-order valence-electron chi connectivity index (χ3n) is 3.69. The molecule has 0 amide bonds. The summed E-state index contributed by atoms with van der Waals surface area (Å²) in [6.45, 7) is 2.73.